The molecule has 3 N–H and O–H groups in total. The van der Waals surface area contributed by atoms with Crippen LogP contribution in [0.4, 0.5) is 11.6 Å². The van der Waals surface area contributed by atoms with Crippen LogP contribution >= 0.6 is 0 Å². The number of anilines is 2. The number of nitrogens with zero attached hydrogens (tertiary/aromatic N) is 3. The van der Waals surface area contributed by atoms with Gasteiger partial charge in [-0.1, -0.05) is 6.92 Å². The number of nitrogens with one attached hydrogen (secondary N) is 3. The Morgan fingerprint density at radius 2 is 2.00 bits per heavy atom. The summed E-state index contributed by atoms with van der Waals surface area (Å²) in [5.74, 6) is 0.290. The molecule has 1 fully saturated rings. The smallest absolute Gasteiger partial charge is 0.253 e. The molecule has 1 aliphatic heterocycles. The molecule has 4 rings (SSSR count). The SMILES string of the molecule is CCC(=O)Nc1ccc(C(=O)N2CCC(Nc3ncc4ccc(=O)[nH]c4n3)C2)cc1. The molecular weight excluding hydrogens is 384 g/mol. The first kappa shape index (κ1) is 19.6. The Labute approximate surface area is 172 Å². The number of aromatic nitrogens is 3. The van der Waals surface area contributed by atoms with Crippen molar-refractivity contribution in [2.24, 2.45) is 0 Å². The van der Waals surface area contributed by atoms with Crippen LogP contribution in [0, 0.1) is 0 Å². The van der Waals surface area contributed by atoms with E-state index >= 15 is 0 Å². The van der Waals surface area contributed by atoms with E-state index in [0.29, 0.717) is 42.4 Å². The zero-order valence-electron chi connectivity index (χ0n) is 16.5. The average Bonchev–Trinajstić information content (AvgIpc) is 3.22. The predicted molar refractivity (Wildman–Crippen MR) is 113 cm³/mol. The van der Waals surface area contributed by atoms with Crippen LogP contribution in [0.5, 0.6) is 0 Å². The lowest BCUT2D eigenvalue weighted by Crippen LogP contribution is -2.31. The number of fused-ring (bicyclic) bond motifs is 1. The highest BCUT2D eigenvalue weighted by atomic mass is 16.2. The molecule has 1 aromatic carbocycles. The summed E-state index contributed by atoms with van der Waals surface area (Å²) in [5.41, 5.74) is 1.50. The van der Waals surface area contributed by atoms with Crippen LogP contribution in [-0.4, -0.2) is 50.8 Å². The van der Waals surface area contributed by atoms with Crippen molar-refractivity contribution >= 4 is 34.5 Å². The van der Waals surface area contributed by atoms with E-state index in [-0.39, 0.29) is 23.4 Å². The van der Waals surface area contributed by atoms with E-state index in [1.165, 1.54) is 6.07 Å². The second kappa shape index (κ2) is 8.32. The minimum atomic E-state index is -0.218. The van der Waals surface area contributed by atoms with Gasteiger partial charge in [0.05, 0.1) is 0 Å². The summed E-state index contributed by atoms with van der Waals surface area (Å²) < 4.78 is 0. The number of carbonyl (C=O) groups is 2. The van der Waals surface area contributed by atoms with Gasteiger partial charge in [0, 0.05) is 54.5 Å². The van der Waals surface area contributed by atoms with Crippen LogP contribution in [0.15, 0.2) is 47.4 Å². The van der Waals surface area contributed by atoms with Gasteiger partial charge in [0.25, 0.3) is 5.91 Å². The van der Waals surface area contributed by atoms with Crippen LogP contribution < -0.4 is 16.2 Å². The largest absolute Gasteiger partial charge is 0.350 e. The minimum absolute atomic E-state index is 0.0185. The van der Waals surface area contributed by atoms with Crippen molar-refractivity contribution in [2.75, 3.05) is 23.7 Å². The number of benzene rings is 1. The molecule has 1 saturated heterocycles. The quantitative estimate of drug-likeness (QED) is 0.596. The first-order chi connectivity index (χ1) is 14.5. The van der Waals surface area contributed by atoms with Gasteiger partial charge in [-0.05, 0) is 36.8 Å². The first-order valence-corrected chi connectivity index (χ1v) is 9.83. The van der Waals surface area contributed by atoms with Crippen LogP contribution in [0.1, 0.15) is 30.1 Å². The van der Waals surface area contributed by atoms with Crippen molar-refractivity contribution < 1.29 is 9.59 Å². The van der Waals surface area contributed by atoms with E-state index in [1.54, 1.807) is 48.4 Å². The summed E-state index contributed by atoms with van der Waals surface area (Å²) in [5, 5.41) is 6.76. The topological polar surface area (TPSA) is 120 Å². The third-order valence-corrected chi connectivity index (χ3v) is 5.02. The van der Waals surface area contributed by atoms with Crippen molar-refractivity contribution in [1.82, 2.24) is 19.9 Å². The normalized spacial score (nSPS) is 15.9. The monoisotopic (exact) mass is 406 g/mol. The van der Waals surface area contributed by atoms with E-state index in [2.05, 4.69) is 25.6 Å². The lowest BCUT2D eigenvalue weighted by atomic mass is 10.2. The highest BCUT2D eigenvalue weighted by Crippen LogP contribution is 2.18. The molecule has 0 radical (unpaired) electrons. The Balaban J connectivity index is 1.38. The van der Waals surface area contributed by atoms with Crippen molar-refractivity contribution in [1.29, 1.82) is 0 Å². The van der Waals surface area contributed by atoms with E-state index in [4.69, 9.17) is 0 Å². The van der Waals surface area contributed by atoms with Gasteiger partial charge in [0.1, 0.15) is 5.65 Å². The Morgan fingerprint density at radius 1 is 1.20 bits per heavy atom. The molecule has 1 unspecified atom stereocenters. The van der Waals surface area contributed by atoms with Crippen LogP contribution in [0.25, 0.3) is 11.0 Å². The highest BCUT2D eigenvalue weighted by Gasteiger charge is 2.27. The summed E-state index contributed by atoms with van der Waals surface area (Å²) in [7, 11) is 0. The lowest BCUT2D eigenvalue weighted by Gasteiger charge is -2.17. The zero-order valence-corrected chi connectivity index (χ0v) is 16.5. The molecule has 1 atom stereocenters. The van der Waals surface area contributed by atoms with Gasteiger partial charge >= 0.3 is 0 Å². The zero-order chi connectivity index (χ0) is 21.1. The van der Waals surface area contributed by atoms with Crippen LogP contribution in [0.3, 0.4) is 0 Å². The summed E-state index contributed by atoms with van der Waals surface area (Å²) in [6.45, 7) is 2.93. The number of aromatic amines is 1. The molecule has 3 heterocycles. The summed E-state index contributed by atoms with van der Waals surface area (Å²) >= 11 is 0. The van der Waals surface area contributed by atoms with E-state index in [0.717, 1.165) is 11.8 Å². The Kier molecular flexibility index (Phi) is 5.42. The molecule has 9 nitrogen and oxygen atoms in total. The number of rotatable bonds is 5. The molecule has 2 amide bonds. The standard InChI is InChI=1S/C21H22N6O3/c1-2-17(28)23-15-6-3-13(4-7-15)20(30)27-10-9-16(12-27)24-21-22-11-14-5-8-18(29)25-19(14)26-21/h3-8,11,16H,2,9-10,12H2,1H3,(H,23,28)(H2,22,24,25,26,29). The fourth-order valence-electron chi connectivity index (χ4n) is 3.38. The molecule has 2 aromatic heterocycles. The van der Waals surface area contributed by atoms with Gasteiger partial charge in [-0.15, -0.1) is 0 Å². The molecule has 0 saturated carbocycles. The lowest BCUT2D eigenvalue weighted by molar-refractivity contribution is -0.115. The predicted octanol–water partition coefficient (Wildman–Crippen LogP) is 1.99. The number of H-pyrrole nitrogens is 1. The van der Waals surface area contributed by atoms with Gasteiger partial charge in [-0.3, -0.25) is 14.4 Å². The van der Waals surface area contributed by atoms with E-state index < -0.39 is 0 Å². The second-order valence-electron chi connectivity index (χ2n) is 7.18. The van der Waals surface area contributed by atoms with Crippen molar-refractivity contribution in [3.05, 3.63) is 58.5 Å². The summed E-state index contributed by atoms with van der Waals surface area (Å²) in [4.78, 5) is 48.8. The second-order valence-corrected chi connectivity index (χ2v) is 7.18. The van der Waals surface area contributed by atoms with Crippen LogP contribution in [-0.2, 0) is 4.79 Å². The van der Waals surface area contributed by atoms with Crippen molar-refractivity contribution in [3.8, 4) is 0 Å². The molecule has 0 spiro atoms. The summed E-state index contributed by atoms with van der Waals surface area (Å²) in [6.07, 6.45) is 2.82. The minimum Gasteiger partial charge on any atom is -0.350 e. The van der Waals surface area contributed by atoms with Gasteiger partial charge in [-0.2, -0.15) is 4.98 Å². The van der Waals surface area contributed by atoms with Gasteiger partial charge < -0.3 is 20.5 Å². The Hall–Kier alpha value is -3.75. The summed E-state index contributed by atoms with van der Waals surface area (Å²) in [6, 6.07) is 10.0. The van der Waals surface area contributed by atoms with Crippen molar-refractivity contribution in [2.45, 2.75) is 25.8 Å². The molecular formula is C21H22N6O3. The number of pyridine rings is 1. The number of hydrogen-bond acceptors (Lipinski definition) is 6. The average molecular weight is 406 g/mol. The van der Waals surface area contributed by atoms with Crippen LogP contribution in [0.2, 0.25) is 0 Å². The van der Waals surface area contributed by atoms with Gasteiger partial charge in [0.2, 0.25) is 17.4 Å². The van der Waals surface area contributed by atoms with Gasteiger partial charge in [0.15, 0.2) is 0 Å². The maximum Gasteiger partial charge on any atom is 0.253 e. The molecule has 30 heavy (non-hydrogen) atoms. The maximum atomic E-state index is 12.8. The number of amides is 2. The number of likely N-dealkylation sites (tertiary alicyclic amines) is 1. The Bertz CT molecular complexity index is 1140. The number of carbonyl (C=O) groups excluding carboxylic acids is 2. The maximum absolute atomic E-state index is 12.8. The first-order valence-electron chi connectivity index (χ1n) is 9.83. The third-order valence-electron chi connectivity index (χ3n) is 5.02. The molecule has 0 bridgehead atoms. The molecule has 3 aromatic rings. The number of hydrogen-bond donors (Lipinski definition) is 3. The molecule has 9 heteroatoms. The van der Waals surface area contributed by atoms with E-state index in [1.807, 2.05) is 0 Å². The fourth-order valence-corrected chi connectivity index (χ4v) is 3.38. The van der Waals surface area contributed by atoms with Gasteiger partial charge in [-0.25, -0.2) is 4.98 Å². The fraction of sp³-hybridized carbons (Fsp3) is 0.286. The highest BCUT2D eigenvalue weighted by molar-refractivity contribution is 5.96. The van der Waals surface area contributed by atoms with Crippen molar-refractivity contribution in [3.63, 3.8) is 0 Å². The Morgan fingerprint density at radius 3 is 2.77 bits per heavy atom. The third kappa shape index (κ3) is 4.29. The molecule has 1 aliphatic rings. The van der Waals surface area contributed by atoms with E-state index in [9.17, 15) is 14.4 Å². The molecule has 0 aliphatic carbocycles. The molecule has 154 valence electrons.